The maximum atomic E-state index is 13.1. The minimum Gasteiger partial charge on any atom is -0.466 e. The number of hydrogen-bond donors (Lipinski definition) is 1. The van der Waals surface area contributed by atoms with E-state index in [2.05, 4.69) is 0 Å². The summed E-state index contributed by atoms with van der Waals surface area (Å²) in [6, 6.07) is 14.9. The summed E-state index contributed by atoms with van der Waals surface area (Å²) in [5.41, 5.74) is -0.0502. The highest BCUT2D eigenvalue weighted by Crippen LogP contribution is 2.30. The van der Waals surface area contributed by atoms with E-state index < -0.39 is 11.6 Å². The van der Waals surface area contributed by atoms with Crippen molar-refractivity contribution in [3.8, 4) is 0 Å². The number of ether oxygens (including phenoxy) is 1. The van der Waals surface area contributed by atoms with Crippen molar-refractivity contribution in [3.63, 3.8) is 0 Å². The lowest BCUT2D eigenvalue weighted by atomic mass is 9.84. The Kier molecular flexibility index (Phi) is 5.28. The van der Waals surface area contributed by atoms with Crippen LogP contribution in [0.15, 0.2) is 54.6 Å². The third kappa shape index (κ3) is 4.15. The molecular formula is C18H19FO3. The quantitative estimate of drug-likeness (QED) is 0.834. The van der Waals surface area contributed by atoms with Gasteiger partial charge >= 0.3 is 5.97 Å². The largest absolute Gasteiger partial charge is 0.466 e. The molecule has 0 aliphatic heterocycles. The Bertz CT molecular complexity index is 610. The van der Waals surface area contributed by atoms with Gasteiger partial charge in [-0.3, -0.25) is 4.79 Å². The molecule has 0 aromatic heterocycles. The van der Waals surface area contributed by atoms with Crippen LogP contribution in [-0.2, 0) is 21.6 Å². The fraction of sp³-hybridized carbons (Fsp3) is 0.278. The standard InChI is InChI=1S/C18H19FO3/c1-2-22-17(20)13-18(21,12-14-6-4-3-5-7-14)15-8-10-16(19)11-9-15/h3-11,21H,2,12-13H2,1H3. The van der Waals surface area contributed by atoms with Crippen LogP contribution < -0.4 is 0 Å². The summed E-state index contributed by atoms with van der Waals surface area (Å²) in [7, 11) is 0. The monoisotopic (exact) mass is 302 g/mol. The van der Waals surface area contributed by atoms with Crippen molar-refractivity contribution in [2.24, 2.45) is 0 Å². The van der Waals surface area contributed by atoms with E-state index in [-0.39, 0.29) is 25.3 Å². The molecule has 0 bridgehead atoms. The average molecular weight is 302 g/mol. The van der Waals surface area contributed by atoms with Gasteiger partial charge in [-0.25, -0.2) is 4.39 Å². The van der Waals surface area contributed by atoms with Gasteiger partial charge in [0.1, 0.15) is 11.4 Å². The third-order valence-corrected chi connectivity index (χ3v) is 3.46. The summed E-state index contributed by atoms with van der Waals surface area (Å²) < 4.78 is 18.1. The topological polar surface area (TPSA) is 46.5 Å². The Labute approximate surface area is 129 Å². The zero-order valence-electron chi connectivity index (χ0n) is 12.5. The second-order valence-corrected chi connectivity index (χ2v) is 5.18. The highest BCUT2D eigenvalue weighted by Gasteiger charge is 2.33. The van der Waals surface area contributed by atoms with Gasteiger partial charge in [0.2, 0.25) is 0 Å². The molecule has 0 fully saturated rings. The summed E-state index contributed by atoms with van der Waals surface area (Å²) in [5.74, 6) is -0.868. The van der Waals surface area contributed by atoms with Crippen molar-refractivity contribution >= 4 is 5.97 Å². The van der Waals surface area contributed by atoms with Crippen LogP contribution >= 0.6 is 0 Å². The molecule has 116 valence electrons. The molecule has 0 saturated carbocycles. The molecule has 2 rings (SSSR count). The van der Waals surface area contributed by atoms with E-state index in [1.165, 1.54) is 24.3 Å². The van der Waals surface area contributed by atoms with Gasteiger partial charge in [-0.05, 0) is 30.2 Å². The second-order valence-electron chi connectivity index (χ2n) is 5.18. The number of hydrogen-bond acceptors (Lipinski definition) is 3. The van der Waals surface area contributed by atoms with Gasteiger partial charge < -0.3 is 9.84 Å². The zero-order valence-corrected chi connectivity index (χ0v) is 12.5. The lowest BCUT2D eigenvalue weighted by Gasteiger charge is -2.28. The van der Waals surface area contributed by atoms with Crippen LogP contribution in [0.5, 0.6) is 0 Å². The molecule has 1 atom stereocenters. The van der Waals surface area contributed by atoms with Gasteiger partial charge in [0, 0.05) is 6.42 Å². The van der Waals surface area contributed by atoms with Crippen molar-refractivity contribution in [2.45, 2.75) is 25.4 Å². The first kappa shape index (κ1) is 16.2. The first-order chi connectivity index (χ1) is 10.5. The van der Waals surface area contributed by atoms with Crippen LogP contribution in [-0.4, -0.2) is 17.7 Å². The SMILES string of the molecule is CCOC(=O)CC(O)(Cc1ccccc1)c1ccc(F)cc1. The molecule has 1 N–H and O–H groups in total. The molecule has 3 nitrogen and oxygen atoms in total. The maximum Gasteiger partial charge on any atom is 0.309 e. The highest BCUT2D eigenvalue weighted by molar-refractivity contribution is 5.71. The Morgan fingerprint density at radius 3 is 2.36 bits per heavy atom. The summed E-state index contributed by atoms with van der Waals surface area (Å²) >= 11 is 0. The highest BCUT2D eigenvalue weighted by atomic mass is 19.1. The first-order valence-electron chi connectivity index (χ1n) is 7.21. The third-order valence-electron chi connectivity index (χ3n) is 3.46. The molecular weight excluding hydrogens is 283 g/mol. The second kappa shape index (κ2) is 7.18. The van der Waals surface area contributed by atoms with Gasteiger partial charge in [0.25, 0.3) is 0 Å². The molecule has 2 aromatic rings. The van der Waals surface area contributed by atoms with Gasteiger partial charge in [-0.15, -0.1) is 0 Å². The molecule has 0 heterocycles. The molecule has 1 unspecified atom stereocenters. The molecule has 22 heavy (non-hydrogen) atoms. The summed E-state index contributed by atoms with van der Waals surface area (Å²) in [5, 5.41) is 11.0. The van der Waals surface area contributed by atoms with Crippen molar-refractivity contribution < 1.29 is 19.0 Å². The Morgan fingerprint density at radius 2 is 1.77 bits per heavy atom. The normalized spacial score (nSPS) is 13.4. The number of carbonyl (C=O) groups excluding carboxylic acids is 1. The van der Waals surface area contributed by atoms with Crippen LogP contribution in [0.1, 0.15) is 24.5 Å². The predicted octanol–water partition coefficient (Wildman–Crippen LogP) is 3.21. The predicted molar refractivity (Wildman–Crippen MR) is 81.7 cm³/mol. The van der Waals surface area contributed by atoms with Crippen LogP contribution in [0.25, 0.3) is 0 Å². The summed E-state index contributed by atoms with van der Waals surface area (Å²) in [6.07, 6.45) is 0.0691. The van der Waals surface area contributed by atoms with Crippen LogP contribution in [0.2, 0.25) is 0 Å². The molecule has 2 aromatic carbocycles. The zero-order chi connectivity index (χ0) is 16.0. The molecule has 0 spiro atoms. The fourth-order valence-electron chi connectivity index (χ4n) is 2.41. The van der Waals surface area contributed by atoms with Gasteiger partial charge in [-0.2, -0.15) is 0 Å². The van der Waals surface area contributed by atoms with E-state index in [0.717, 1.165) is 5.56 Å². The molecule has 0 aliphatic carbocycles. The smallest absolute Gasteiger partial charge is 0.309 e. The van der Waals surface area contributed by atoms with Crippen LogP contribution in [0, 0.1) is 5.82 Å². The molecule has 0 saturated heterocycles. The molecule has 0 radical (unpaired) electrons. The number of carbonyl (C=O) groups is 1. The maximum absolute atomic E-state index is 13.1. The van der Waals surface area contributed by atoms with E-state index in [1.54, 1.807) is 6.92 Å². The van der Waals surface area contributed by atoms with E-state index in [1.807, 2.05) is 30.3 Å². The minimum absolute atomic E-state index is 0.179. The molecule has 0 aliphatic rings. The lowest BCUT2D eigenvalue weighted by Crippen LogP contribution is -2.32. The number of esters is 1. The van der Waals surface area contributed by atoms with Crippen molar-refractivity contribution in [1.29, 1.82) is 0 Å². The van der Waals surface area contributed by atoms with Crippen molar-refractivity contribution in [3.05, 3.63) is 71.5 Å². The number of halogens is 1. The Morgan fingerprint density at radius 1 is 1.14 bits per heavy atom. The van der Waals surface area contributed by atoms with E-state index in [0.29, 0.717) is 5.56 Å². The molecule has 0 amide bonds. The minimum atomic E-state index is -1.43. The van der Waals surface area contributed by atoms with Crippen molar-refractivity contribution in [2.75, 3.05) is 6.61 Å². The Hall–Kier alpha value is -2.20. The van der Waals surface area contributed by atoms with Gasteiger partial charge in [-0.1, -0.05) is 42.5 Å². The van der Waals surface area contributed by atoms with E-state index in [9.17, 15) is 14.3 Å². The summed E-state index contributed by atoms with van der Waals surface area (Å²) in [4.78, 5) is 11.8. The number of aliphatic hydroxyl groups is 1. The van der Waals surface area contributed by atoms with E-state index >= 15 is 0 Å². The lowest BCUT2D eigenvalue weighted by molar-refractivity contribution is -0.149. The summed E-state index contributed by atoms with van der Waals surface area (Å²) in [6.45, 7) is 1.97. The molecule has 4 heteroatoms. The van der Waals surface area contributed by atoms with E-state index in [4.69, 9.17) is 4.74 Å². The van der Waals surface area contributed by atoms with Crippen LogP contribution in [0.4, 0.5) is 4.39 Å². The van der Waals surface area contributed by atoms with Crippen molar-refractivity contribution in [1.82, 2.24) is 0 Å². The average Bonchev–Trinajstić information content (AvgIpc) is 2.48. The Balaban J connectivity index is 2.30. The van der Waals surface area contributed by atoms with Gasteiger partial charge in [0.05, 0.1) is 13.0 Å². The number of rotatable bonds is 6. The number of benzene rings is 2. The van der Waals surface area contributed by atoms with Crippen LogP contribution in [0.3, 0.4) is 0 Å². The van der Waals surface area contributed by atoms with Gasteiger partial charge in [0.15, 0.2) is 0 Å². The first-order valence-corrected chi connectivity index (χ1v) is 7.21. The fourth-order valence-corrected chi connectivity index (χ4v) is 2.41.